The third-order valence-electron chi connectivity index (χ3n) is 5.96. The third kappa shape index (κ3) is 3.38. The van der Waals surface area contributed by atoms with Crippen LogP contribution in [0, 0.1) is 5.41 Å². The molecule has 0 saturated carbocycles. The van der Waals surface area contributed by atoms with Gasteiger partial charge in [0.25, 0.3) is 0 Å². The SMILES string of the molecule is COc1ccccc1-c1nc2n(n1)C(c1cccc(Cl)c1Cl)C1=C(CC(C)(C)CC1=O)N2. The van der Waals surface area contributed by atoms with Crippen molar-refractivity contribution in [3.63, 3.8) is 0 Å². The van der Waals surface area contributed by atoms with Gasteiger partial charge in [-0.05, 0) is 30.0 Å². The first-order chi connectivity index (χ1) is 15.3. The summed E-state index contributed by atoms with van der Waals surface area (Å²) in [4.78, 5) is 18.1. The number of hydrogen-bond donors (Lipinski definition) is 1. The zero-order valence-electron chi connectivity index (χ0n) is 17.9. The molecular weight excluding hydrogens is 447 g/mol. The molecule has 32 heavy (non-hydrogen) atoms. The highest BCUT2D eigenvalue weighted by atomic mass is 35.5. The second-order valence-corrected chi connectivity index (χ2v) is 9.69. The van der Waals surface area contributed by atoms with E-state index in [9.17, 15) is 4.79 Å². The van der Waals surface area contributed by atoms with E-state index in [0.717, 1.165) is 23.2 Å². The van der Waals surface area contributed by atoms with Crippen molar-refractivity contribution in [2.45, 2.75) is 32.7 Å². The first kappa shape index (κ1) is 21.0. The van der Waals surface area contributed by atoms with E-state index in [1.165, 1.54) is 0 Å². The summed E-state index contributed by atoms with van der Waals surface area (Å²) in [6, 6.07) is 12.5. The van der Waals surface area contributed by atoms with E-state index >= 15 is 0 Å². The van der Waals surface area contributed by atoms with Crippen molar-refractivity contribution in [3.05, 3.63) is 69.3 Å². The number of benzene rings is 2. The molecule has 0 fully saturated rings. The second kappa shape index (κ2) is 7.64. The van der Waals surface area contributed by atoms with Crippen LogP contribution in [0.5, 0.6) is 5.75 Å². The van der Waals surface area contributed by atoms with Gasteiger partial charge in [-0.15, -0.1) is 5.10 Å². The topological polar surface area (TPSA) is 69.0 Å². The van der Waals surface area contributed by atoms with Crippen LogP contribution in [0.3, 0.4) is 0 Å². The quantitative estimate of drug-likeness (QED) is 0.516. The van der Waals surface area contributed by atoms with E-state index in [1.54, 1.807) is 17.9 Å². The lowest BCUT2D eigenvalue weighted by Crippen LogP contribution is -2.36. The summed E-state index contributed by atoms with van der Waals surface area (Å²) >= 11 is 13.0. The van der Waals surface area contributed by atoms with E-state index in [2.05, 4.69) is 19.2 Å². The Morgan fingerprint density at radius 1 is 1.12 bits per heavy atom. The molecule has 1 unspecified atom stereocenters. The third-order valence-corrected chi connectivity index (χ3v) is 6.79. The van der Waals surface area contributed by atoms with Gasteiger partial charge in [0.15, 0.2) is 11.6 Å². The average Bonchev–Trinajstić information content (AvgIpc) is 3.17. The molecule has 0 radical (unpaired) electrons. The number of Topliss-reactive ketones (excluding diaryl/α,β-unsaturated/α-hetero) is 1. The van der Waals surface area contributed by atoms with Crippen molar-refractivity contribution in [2.75, 3.05) is 12.4 Å². The van der Waals surface area contributed by atoms with Gasteiger partial charge in [-0.3, -0.25) is 4.79 Å². The molecule has 1 aromatic heterocycles. The minimum Gasteiger partial charge on any atom is -0.496 e. The van der Waals surface area contributed by atoms with E-state index in [-0.39, 0.29) is 11.2 Å². The number of methoxy groups -OCH3 is 1. The van der Waals surface area contributed by atoms with Gasteiger partial charge in [0, 0.05) is 23.3 Å². The van der Waals surface area contributed by atoms with Crippen LogP contribution >= 0.6 is 23.2 Å². The smallest absolute Gasteiger partial charge is 0.226 e. The van der Waals surface area contributed by atoms with Gasteiger partial charge in [0.05, 0.1) is 22.7 Å². The molecule has 3 aromatic rings. The summed E-state index contributed by atoms with van der Waals surface area (Å²) in [6.45, 7) is 4.19. The normalized spacial score (nSPS) is 19.3. The number of rotatable bonds is 3. The number of aromatic nitrogens is 3. The molecular formula is C24H22Cl2N4O2. The first-order valence-electron chi connectivity index (χ1n) is 10.4. The van der Waals surface area contributed by atoms with Crippen molar-refractivity contribution in [1.82, 2.24) is 14.8 Å². The summed E-state index contributed by atoms with van der Waals surface area (Å²) in [5.74, 6) is 1.79. The predicted octanol–water partition coefficient (Wildman–Crippen LogP) is 5.92. The zero-order chi connectivity index (χ0) is 22.6. The van der Waals surface area contributed by atoms with Crippen molar-refractivity contribution in [3.8, 4) is 17.1 Å². The largest absolute Gasteiger partial charge is 0.496 e. The maximum atomic E-state index is 13.4. The summed E-state index contributed by atoms with van der Waals surface area (Å²) in [5, 5.41) is 9.01. The minimum atomic E-state index is -0.521. The van der Waals surface area contributed by atoms with Gasteiger partial charge in [0.2, 0.25) is 5.95 Å². The summed E-state index contributed by atoms with van der Waals surface area (Å²) in [7, 11) is 1.61. The van der Waals surface area contributed by atoms with Gasteiger partial charge >= 0.3 is 0 Å². The molecule has 164 valence electrons. The van der Waals surface area contributed by atoms with Crippen LogP contribution in [0.15, 0.2) is 53.7 Å². The Morgan fingerprint density at radius 3 is 2.69 bits per heavy atom. The summed E-state index contributed by atoms with van der Waals surface area (Å²) in [6.07, 6.45) is 1.17. The van der Waals surface area contributed by atoms with Crippen LogP contribution in [0.4, 0.5) is 5.95 Å². The molecule has 1 aliphatic carbocycles. The number of carbonyl (C=O) groups excluding carboxylic acids is 1. The number of carbonyl (C=O) groups is 1. The fourth-order valence-electron chi connectivity index (χ4n) is 4.57. The molecule has 5 rings (SSSR count). The number of allylic oxidation sites excluding steroid dienone is 2. The maximum absolute atomic E-state index is 13.4. The van der Waals surface area contributed by atoms with Crippen LogP contribution in [0.25, 0.3) is 11.4 Å². The molecule has 8 heteroatoms. The number of hydrogen-bond acceptors (Lipinski definition) is 5. The van der Waals surface area contributed by atoms with Gasteiger partial charge in [0.1, 0.15) is 11.8 Å². The van der Waals surface area contributed by atoms with E-state index in [4.69, 9.17) is 38.0 Å². The standard InChI is InChI=1S/C24H22Cl2N4O2/c1-24(2)11-16-19(17(31)12-24)21(14-8-6-9-15(25)20(14)26)30-23(27-16)28-22(29-30)13-7-4-5-10-18(13)32-3/h4-10,21H,11-12H2,1-3H3,(H,27,28,29). The Labute approximate surface area is 196 Å². The van der Waals surface area contributed by atoms with Crippen LogP contribution in [0.1, 0.15) is 38.3 Å². The monoisotopic (exact) mass is 468 g/mol. The van der Waals surface area contributed by atoms with Gasteiger partial charge < -0.3 is 10.1 Å². The number of para-hydroxylation sites is 1. The van der Waals surface area contributed by atoms with Gasteiger partial charge in [-0.25, -0.2) is 4.68 Å². The molecule has 6 nitrogen and oxygen atoms in total. The van der Waals surface area contributed by atoms with Gasteiger partial charge in [-0.2, -0.15) is 4.98 Å². The second-order valence-electron chi connectivity index (χ2n) is 8.91. The molecule has 0 spiro atoms. The van der Waals surface area contributed by atoms with E-state index < -0.39 is 6.04 Å². The average molecular weight is 469 g/mol. The summed E-state index contributed by atoms with van der Waals surface area (Å²) < 4.78 is 7.23. The fourth-order valence-corrected chi connectivity index (χ4v) is 4.98. The van der Waals surface area contributed by atoms with Crippen molar-refractivity contribution >= 4 is 34.9 Å². The molecule has 0 saturated heterocycles. The number of ether oxygens (including phenoxy) is 1. The lowest BCUT2D eigenvalue weighted by molar-refractivity contribution is -0.118. The fraction of sp³-hybridized carbons (Fsp3) is 0.292. The Hall–Kier alpha value is -2.83. The maximum Gasteiger partial charge on any atom is 0.226 e. The van der Waals surface area contributed by atoms with Crippen LogP contribution in [-0.2, 0) is 4.79 Å². The minimum absolute atomic E-state index is 0.0739. The Bertz CT molecular complexity index is 1280. The Kier molecular flexibility index (Phi) is 5.02. The number of fused-ring (bicyclic) bond motifs is 1. The Balaban J connectivity index is 1.73. The number of halogens is 2. The number of anilines is 1. The number of nitrogens with one attached hydrogen (secondary N) is 1. The molecule has 2 aromatic carbocycles. The molecule has 1 aliphatic heterocycles. The lowest BCUT2D eigenvalue weighted by atomic mass is 9.73. The Morgan fingerprint density at radius 2 is 1.91 bits per heavy atom. The van der Waals surface area contributed by atoms with Crippen molar-refractivity contribution in [2.24, 2.45) is 5.41 Å². The molecule has 0 bridgehead atoms. The highest BCUT2D eigenvalue weighted by Crippen LogP contribution is 2.47. The van der Waals surface area contributed by atoms with Crippen LogP contribution in [0.2, 0.25) is 10.0 Å². The lowest BCUT2D eigenvalue weighted by Gasteiger charge is -2.38. The van der Waals surface area contributed by atoms with Crippen LogP contribution in [-0.4, -0.2) is 27.7 Å². The molecule has 2 heterocycles. The van der Waals surface area contributed by atoms with Crippen molar-refractivity contribution in [1.29, 1.82) is 0 Å². The molecule has 1 N–H and O–H groups in total. The van der Waals surface area contributed by atoms with Gasteiger partial charge in [-0.1, -0.05) is 61.3 Å². The van der Waals surface area contributed by atoms with Crippen molar-refractivity contribution < 1.29 is 9.53 Å². The number of nitrogens with zero attached hydrogens (tertiary/aromatic N) is 3. The predicted molar refractivity (Wildman–Crippen MR) is 125 cm³/mol. The molecule has 1 atom stereocenters. The first-order valence-corrected chi connectivity index (χ1v) is 11.1. The highest BCUT2D eigenvalue weighted by molar-refractivity contribution is 6.42. The number of ketones is 1. The molecule has 2 aliphatic rings. The van der Waals surface area contributed by atoms with E-state index in [0.29, 0.717) is 39.6 Å². The summed E-state index contributed by atoms with van der Waals surface area (Å²) in [5.41, 5.74) is 2.86. The van der Waals surface area contributed by atoms with Crippen LogP contribution < -0.4 is 10.1 Å². The zero-order valence-corrected chi connectivity index (χ0v) is 19.5. The van der Waals surface area contributed by atoms with E-state index in [1.807, 2.05) is 36.4 Å². The molecule has 0 amide bonds. The highest BCUT2D eigenvalue weighted by Gasteiger charge is 2.42.